The van der Waals surface area contributed by atoms with E-state index in [0.717, 1.165) is 44.9 Å². The van der Waals surface area contributed by atoms with Crippen molar-refractivity contribution in [1.29, 1.82) is 0 Å². The van der Waals surface area contributed by atoms with Crippen LogP contribution >= 0.6 is 0 Å². The van der Waals surface area contributed by atoms with Crippen LogP contribution in [0.3, 0.4) is 0 Å². The lowest BCUT2D eigenvalue weighted by Crippen LogP contribution is -2.18. The van der Waals surface area contributed by atoms with Crippen molar-refractivity contribution in [2.75, 3.05) is 13.2 Å². The zero-order valence-corrected chi connectivity index (χ0v) is 13.9. The van der Waals surface area contributed by atoms with Gasteiger partial charge in [-0.25, -0.2) is 19.6 Å². The molecule has 0 bridgehead atoms. The lowest BCUT2D eigenvalue weighted by molar-refractivity contribution is -0.462. The van der Waals surface area contributed by atoms with Gasteiger partial charge in [0, 0.05) is 6.42 Å². The van der Waals surface area contributed by atoms with Crippen LogP contribution in [0.5, 0.6) is 0 Å². The summed E-state index contributed by atoms with van der Waals surface area (Å²) in [6.45, 7) is 7.40. The predicted molar refractivity (Wildman–Crippen MR) is 85.5 cm³/mol. The lowest BCUT2D eigenvalue weighted by Gasteiger charge is -2.15. The number of hydrogen-bond acceptors (Lipinski definition) is 4. The molecule has 0 saturated carbocycles. The summed E-state index contributed by atoms with van der Waals surface area (Å²) in [4.78, 5) is 20.8. The second kappa shape index (κ2) is 17.4. The Bertz CT molecular complexity index is 229. The van der Waals surface area contributed by atoms with Crippen molar-refractivity contribution in [3.05, 3.63) is 24.3 Å². The fraction of sp³-hybridized carbons (Fsp3) is 0.765. The lowest BCUT2D eigenvalue weighted by atomic mass is 10.2. The van der Waals surface area contributed by atoms with Gasteiger partial charge in [0.25, 0.3) is 0 Å². The topological polar surface area (TPSA) is 36.9 Å². The standard InChI is InChI=1S/C17H32O4/c1-4-7-10-12-15-18-20-17(14-9-6-3)21-19-16-13-11-8-5-2/h7-8,10-11,17H,4-6,9,12-16H2,1-3H3/b10-7+,11-8+. The third-order valence-electron chi connectivity index (χ3n) is 2.68. The van der Waals surface area contributed by atoms with Crippen LogP contribution in [0.1, 0.15) is 65.7 Å². The molecule has 0 spiro atoms. The molecule has 0 aliphatic heterocycles. The van der Waals surface area contributed by atoms with Crippen LogP contribution < -0.4 is 0 Å². The average Bonchev–Trinajstić information content (AvgIpc) is 2.50. The van der Waals surface area contributed by atoms with E-state index in [9.17, 15) is 0 Å². The smallest absolute Gasteiger partial charge is 0.224 e. The number of hydrogen-bond donors (Lipinski definition) is 0. The first kappa shape index (κ1) is 20.3. The molecule has 21 heavy (non-hydrogen) atoms. The molecule has 0 aromatic rings. The summed E-state index contributed by atoms with van der Waals surface area (Å²) in [5, 5.41) is 0. The number of unbranched alkanes of at least 4 members (excludes halogenated alkanes) is 1. The maximum absolute atomic E-state index is 5.25. The monoisotopic (exact) mass is 300 g/mol. The molecule has 0 rings (SSSR count). The number of rotatable bonds is 15. The molecule has 0 amide bonds. The minimum absolute atomic E-state index is 0.449. The summed E-state index contributed by atoms with van der Waals surface area (Å²) in [5.74, 6) is 0. The van der Waals surface area contributed by atoms with Crippen LogP contribution in [0.4, 0.5) is 0 Å². The fourth-order valence-corrected chi connectivity index (χ4v) is 1.53. The van der Waals surface area contributed by atoms with Crippen molar-refractivity contribution in [2.24, 2.45) is 0 Å². The minimum atomic E-state index is -0.449. The van der Waals surface area contributed by atoms with E-state index in [0.29, 0.717) is 13.2 Å². The summed E-state index contributed by atoms with van der Waals surface area (Å²) < 4.78 is 0. The van der Waals surface area contributed by atoms with Gasteiger partial charge in [0.2, 0.25) is 6.29 Å². The molecule has 0 aromatic heterocycles. The van der Waals surface area contributed by atoms with Gasteiger partial charge in [-0.15, -0.1) is 0 Å². The maximum Gasteiger partial charge on any atom is 0.224 e. The van der Waals surface area contributed by atoms with Crippen LogP contribution in [0.15, 0.2) is 24.3 Å². The zero-order valence-electron chi connectivity index (χ0n) is 13.9. The van der Waals surface area contributed by atoms with Gasteiger partial charge in [0.05, 0.1) is 13.2 Å². The molecule has 0 heterocycles. The van der Waals surface area contributed by atoms with Gasteiger partial charge in [-0.3, -0.25) is 0 Å². The Labute approximate surface area is 130 Å². The molecule has 0 atom stereocenters. The van der Waals surface area contributed by atoms with Crippen molar-refractivity contribution in [3.63, 3.8) is 0 Å². The first-order valence-corrected chi connectivity index (χ1v) is 8.21. The van der Waals surface area contributed by atoms with Gasteiger partial charge in [0.1, 0.15) is 0 Å². The van der Waals surface area contributed by atoms with Crippen molar-refractivity contribution in [3.8, 4) is 0 Å². The first-order chi connectivity index (χ1) is 10.3. The summed E-state index contributed by atoms with van der Waals surface area (Å²) in [6, 6.07) is 0. The van der Waals surface area contributed by atoms with Gasteiger partial charge in [0.15, 0.2) is 0 Å². The second-order valence-corrected chi connectivity index (χ2v) is 4.74. The van der Waals surface area contributed by atoms with Crippen molar-refractivity contribution < 1.29 is 19.6 Å². The highest BCUT2D eigenvalue weighted by Crippen LogP contribution is 2.08. The van der Waals surface area contributed by atoms with Crippen molar-refractivity contribution in [1.82, 2.24) is 0 Å². The molecule has 0 radical (unpaired) electrons. The van der Waals surface area contributed by atoms with Crippen LogP contribution in [0.25, 0.3) is 0 Å². The first-order valence-electron chi connectivity index (χ1n) is 8.21. The molecule has 0 unspecified atom stereocenters. The maximum atomic E-state index is 5.25. The van der Waals surface area contributed by atoms with Gasteiger partial charge in [-0.2, -0.15) is 0 Å². The number of allylic oxidation sites excluding steroid dienone is 2. The molecular formula is C17H32O4. The normalized spacial score (nSPS) is 12.2. The highest BCUT2D eigenvalue weighted by atomic mass is 17.3. The van der Waals surface area contributed by atoms with Crippen molar-refractivity contribution in [2.45, 2.75) is 72.0 Å². The molecule has 124 valence electrons. The molecule has 4 nitrogen and oxygen atoms in total. The summed E-state index contributed by atoms with van der Waals surface area (Å²) >= 11 is 0. The summed E-state index contributed by atoms with van der Waals surface area (Å²) in [6.07, 6.45) is 14.6. The molecule has 4 heteroatoms. The summed E-state index contributed by atoms with van der Waals surface area (Å²) in [5.41, 5.74) is 0. The second-order valence-electron chi connectivity index (χ2n) is 4.74. The Balaban J connectivity index is 3.70. The highest BCUT2D eigenvalue weighted by Gasteiger charge is 2.11. The third-order valence-corrected chi connectivity index (χ3v) is 2.68. The molecular weight excluding hydrogens is 268 g/mol. The van der Waals surface area contributed by atoms with Crippen LogP contribution in [0.2, 0.25) is 0 Å². The SMILES string of the molecule is CC/C=C/CCOOC(CCCC)OOCC/C=C/CC. The van der Waals surface area contributed by atoms with E-state index in [1.54, 1.807) is 0 Å². The van der Waals surface area contributed by atoms with E-state index < -0.39 is 6.29 Å². The Morgan fingerprint density at radius 1 is 0.762 bits per heavy atom. The fourth-order valence-electron chi connectivity index (χ4n) is 1.53. The molecule has 0 N–H and O–H groups in total. The van der Waals surface area contributed by atoms with Crippen LogP contribution in [-0.2, 0) is 19.6 Å². The quantitative estimate of drug-likeness (QED) is 0.138. The zero-order chi connectivity index (χ0) is 15.6. The molecule has 0 aliphatic carbocycles. The van der Waals surface area contributed by atoms with Gasteiger partial charge >= 0.3 is 0 Å². The van der Waals surface area contributed by atoms with Crippen LogP contribution in [-0.4, -0.2) is 19.5 Å². The van der Waals surface area contributed by atoms with Crippen molar-refractivity contribution >= 4 is 0 Å². The minimum Gasteiger partial charge on any atom is -0.234 e. The Morgan fingerprint density at radius 3 is 1.71 bits per heavy atom. The Morgan fingerprint density at radius 2 is 1.29 bits per heavy atom. The summed E-state index contributed by atoms with van der Waals surface area (Å²) in [7, 11) is 0. The Kier molecular flexibility index (Phi) is 16.8. The molecule has 0 saturated heterocycles. The van der Waals surface area contributed by atoms with E-state index in [-0.39, 0.29) is 0 Å². The van der Waals surface area contributed by atoms with Gasteiger partial charge in [-0.1, -0.05) is 51.5 Å². The molecule has 0 aromatic carbocycles. The predicted octanol–water partition coefficient (Wildman–Crippen LogP) is 5.11. The molecule has 0 fully saturated rings. The molecule has 0 aliphatic rings. The van der Waals surface area contributed by atoms with E-state index >= 15 is 0 Å². The van der Waals surface area contributed by atoms with Gasteiger partial charge < -0.3 is 0 Å². The average molecular weight is 300 g/mol. The van der Waals surface area contributed by atoms with E-state index in [1.165, 1.54) is 0 Å². The third kappa shape index (κ3) is 15.5. The van der Waals surface area contributed by atoms with E-state index in [4.69, 9.17) is 19.6 Å². The van der Waals surface area contributed by atoms with Gasteiger partial charge in [-0.05, 0) is 32.1 Å². The van der Waals surface area contributed by atoms with E-state index in [1.807, 2.05) is 0 Å². The van der Waals surface area contributed by atoms with E-state index in [2.05, 4.69) is 45.1 Å². The highest BCUT2D eigenvalue weighted by molar-refractivity contribution is 4.79. The largest absolute Gasteiger partial charge is 0.234 e. The van der Waals surface area contributed by atoms with Crippen LogP contribution in [0, 0.1) is 0 Å². The Hall–Kier alpha value is -0.680.